The first-order valence-corrected chi connectivity index (χ1v) is 6.23. The molecule has 1 aromatic rings. The number of unbranched alkanes of at least 4 members (excludes halogenated alkanes) is 2. The summed E-state index contributed by atoms with van der Waals surface area (Å²) < 4.78 is 0. The van der Waals surface area contributed by atoms with Gasteiger partial charge < -0.3 is 0 Å². The number of aryl methyl sites for hydroxylation is 1. The van der Waals surface area contributed by atoms with Crippen LogP contribution in [-0.2, 0) is 6.42 Å². The van der Waals surface area contributed by atoms with Gasteiger partial charge in [-0.1, -0.05) is 62.4 Å². The van der Waals surface area contributed by atoms with Crippen molar-refractivity contribution in [2.75, 3.05) is 0 Å². The van der Waals surface area contributed by atoms with Gasteiger partial charge in [-0.3, -0.25) is 0 Å². The first kappa shape index (κ1) is 12.8. The van der Waals surface area contributed by atoms with Crippen molar-refractivity contribution in [1.82, 2.24) is 0 Å². The molecule has 0 radical (unpaired) electrons. The van der Waals surface area contributed by atoms with Crippen LogP contribution in [0.1, 0.15) is 43.7 Å². The van der Waals surface area contributed by atoms with Crippen molar-refractivity contribution in [2.45, 2.75) is 39.0 Å². The van der Waals surface area contributed by atoms with Crippen LogP contribution in [0.15, 0.2) is 43.0 Å². The largest absolute Gasteiger partial charge is 0.0985 e. The topological polar surface area (TPSA) is 0 Å². The Morgan fingerprint density at radius 3 is 2.62 bits per heavy atom. The monoisotopic (exact) mass is 214 g/mol. The molecular weight excluding hydrogens is 192 g/mol. The minimum absolute atomic E-state index is 1.15. The maximum atomic E-state index is 3.85. The van der Waals surface area contributed by atoms with Gasteiger partial charge in [0.05, 0.1) is 0 Å². The number of allylic oxidation sites excluding steroid dienone is 2. The van der Waals surface area contributed by atoms with Crippen LogP contribution in [0.25, 0.3) is 6.08 Å². The summed E-state index contributed by atoms with van der Waals surface area (Å²) in [6.07, 6.45) is 12.6. The Bertz CT molecular complexity index is 334. The minimum Gasteiger partial charge on any atom is -0.0985 e. The van der Waals surface area contributed by atoms with Crippen LogP contribution in [0.3, 0.4) is 0 Å². The molecule has 0 heteroatoms. The van der Waals surface area contributed by atoms with E-state index in [2.05, 4.69) is 49.9 Å². The fraction of sp³-hybridized carbons (Fsp3) is 0.375. The van der Waals surface area contributed by atoms with E-state index < -0.39 is 0 Å². The first-order valence-electron chi connectivity index (χ1n) is 6.23. The van der Waals surface area contributed by atoms with Crippen LogP contribution < -0.4 is 0 Å². The highest BCUT2D eigenvalue weighted by atomic mass is 14.0. The van der Waals surface area contributed by atoms with Crippen LogP contribution in [0, 0.1) is 0 Å². The third-order valence-corrected chi connectivity index (χ3v) is 2.71. The lowest BCUT2D eigenvalue weighted by Gasteiger charge is -2.04. The van der Waals surface area contributed by atoms with Gasteiger partial charge in [-0.25, -0.2) is 0 Å². The second-order valence-electron chi connectivity index (χ2n) is 4.06. The van der Waals surface area contributed by atoms with E-state index in [1.807, 2.05) is 6.08 Å². The van der Waals surface area contributed by atoms with Gasteiger partial charge in [0.15, 0.2) is 0 Å². The fourth-order valence-electron chi connectivity index (χ4n) is 1.77. The molecule has 0 saturated carbocycles. The summed E-state index contributed by atoms with van der Waals surface area (Å²) >= 11 is 0. The highest BCUT2D eigenvalue weighted by Crippen LogP contribution is 2.13. The molecule has 0 aliphatic rings. The molecule has 0 aliphatic heterocycles. The number of rotatable bonds is 7. The van der Waals surface area contributed by atoms with Gasteiger partial charge in [0.2, 0.25) is 0 Å². The van der Waals surface area contributed by atoms with Crippen LogP contribution in [0.2, 0.25) is 0 Å². The fourth-order valence-corrected chi connectivity index (χ4v) is 1.77. The van der Waals surface area contributed by atoms with Crippen LogP contribution in [0.4, 0.5) is 0 Å². The Morgan fingerprint density at radius 2 is 1.88 bits per heavy atom. The zero-order valence-corrected chi connectivity index (χ0v) is 10.3. The summed E-state index contributed by atoms with van der Waals surface area (Å²) in [5.41, 5.74) is 2.70. The van der Waals surface area contributed by atoms with Crippen LogP contribution in [0.5, 0.6) is 0 Å². The van der Waals surface area contributed by atoms with E-state index in [9.17, 15) is 0 Å². The molecular formula is C16H22. The molecule has 0 saturated heterocycles. The maximum Gasteiger partial charge on any atom is -0.0230 e. The second-order valence-corrected chi connectivity index (χ2v) is 4.06. The Balaban J connectivity index is 2.34. The van der Waals surface area contributed by atoms with E-state index in [1.54, 1.807) is 0 Å². The van der Waals surface area contributed by atoms with Crippen molar-refractivity contribution < 1.29 is 0 Å². The average molecular weight is 214 g/mol. The molecule has 0 amide bonds. The summed E-state index contributed by atoms with van der Waals surface area (Å²) in [6, 6.07) is 8.51. The van der Waals surface area contributed by atoms with Crippen LogP contribution in [-0.4, -0.2) is 0 Å². The van der Waals surface area contributed by atoms with Gasteiger partial charge in [0.25, 0.3) is 0 Å². The molecule has 86 valence electrons. The van der Waals surface area contributed by atoms with Crippen molar-refractivity contribution in [3.05, 3.63) is 54.1 Å². The van der Waals surface area contributed by atoms with Crippen molar-refractivity contribution in [3.63, 3.8) is 0 Å². The van der Waals surface area contributed by atoms with Crippen molar-refractivity contribution in [2.24, 2.45) is 0 Å². The predicted molar refractivity (Wildman–Crippen MR) is 73.5 cm³/mol. The van der Waals surface area contributed by atoms with E-state index in [4.69, 9.17) is 0 Å². The quantitative estimate of drug-likeness (QED) is 0.442. The summed E-state index contributed by atoms with van der Waals surface area (Å²) in [4.78, 5) is 0. The smallest absolute Gasteiger partial charge is 0.0230 e. The zero-order valence-electron chi connectivity index (χ0n) is 10.3. The molecule has 16 heavy (non-hydrogen) atoms. The SMILES string of the molecule is C=Cc1ccccc1CCCC=CCCC. The van der Waals surface area contributed by atoms with Crippen molar-refractivity contribution in [3.8, 4) is 0 Å². The number of hydrogen-bond acceptors (Lipinski definition) is 0. The lowest BCUT2D eigenvalue weighted by Crippen LogP contribution is -1.88. The Morgan fingerprint density at radius 1 is 1.12 bits per heavy atom. The molecule has 1 aromatic carbocycles. The van der Waals surface area contributed by atoms with Gasteiger partial charge in [0, 0.05) is 0 Å². The predicted octanol–water partition coefficient (Wildman–Crippen LogP) is 5.01. The van der Waals surface area contributed by atoms with E-state index in [1.165, 1.54) is 36.8 Å². The maximum absolute atomic E-state index is 3.85. The highest BCUT2D eigenvalue weighted by molar-refractivity contribution is 5.51. The van der Waals surface area contributed by atoms with Gasteiger partial charge in [-0.05, 0) is 36.8 Å². The Labute approximate surface area is 99.7 Å². The zero-order chi connectivity index (χ0) is 11.6. The average Bonchev–Trinajstić information content (AvgIpc) is 2.34. The molecule has 0 N–H and O–H groups in total. The van der Waals surface area contributed by atoms with Crippen molar-refractivity contribution >= 4 is 6.08 Å². The molecule has 0 aliphatic carbocycles. The molecule has 0 unspecified atom stereocenters. The summed E-state index contributed by atoms with van der Waals surface area (Å²) in [5.74, 6) is 0. The summed E-state index contributed by atoms with van der Waals surface area (Å²) in [7, 11) is 0. The third-order valence-electron chi connectivity index (χ3n) is 2.71. The van der Waals surface area contributed by atoms with E-state index in [0.29, 0.717) is 0 Å². The van der Waals surface area contributed by atoms with E-state index in [0.717, 1.165) is 6.42 Å². The molecule has 0 spiro atoms. The molecule has 0 aromatic heterocycles. The normalized spacial score (nSPS) is 10.8. The third kappa shape index (κ3) is 4.48. The molecule has 0 heterocycles. The number of benzene rings is 1. The molecule has 0 nitrogen and oxygen atoms in total. The lowest BCUT2D eigenvalue weighted by molar-refractivity contribution is 0.835. The Hall–Kier alpha value is -1.30. The van der Waals surface area contributed by atoms with Gasteiger partial charge in [-0.2, -0.15) is 0 Å². The molecule has 0 atom stereocenters. The van der Waals surface area contributed by atoms with Gasteiger partial charge >= 0.3 is 0 Å². The molecule has 1 rings (SSSR count). The number of hydrogen-bond donors (Lipinski definition) is 0. The molecule has 0 fully saturated rings. The lowest BCUT2D eigenvalue weighted by atomic mass is 10.0. The standard InChI is InChI=1S/C16H22/c1-3-5-6-7-8-9-13-16-14-11-10-12-15(16)4-2/h4,6-7,10-12,14H,2-3,5,8-9,13H2,1H3. The minimum atomic E-state index is 1.15. The second kappa shape index (κ2) is 7.92. The Kier molecular flexibility index (Phi) is 6.32. The van der Waals surface area contributed by atoms with Crippen LogP contribution >= 0.6 is 0 Å². The highest BCUT2D eigenvalue weighted by Gasteiger charge is 1.96. The summed E-state index contributed by atoms with van der Waals surface area (Å²) in [6.45, 7) is 6.06. The van der Waals surface area contributed by atoms with Gasteiger partial charge in [-0.15, -0.1) is 0 Å². The van der Waals surface area contributed by atoms with Crippen molar-refractivity contribution in [1.29, 1.82) is 0 Å². The van der Waals surface area contributed by atoms with Gasteiger partial charge in [0.1, 0.15) is 0 Å². The van der Waals surface area contributed by atoms with E-state index >= 15 is 0 Å². The molecule has 0 bridgehead atoms. The summed E-state index contributed by atoms with van der Waals surface area (Å²) in [5, 5.41) is 0. The van der Waals surface area contributed by atoms with E-state index in [-0.39, 0.29) is 0 Å². The first-order chi connectivity index (χ1) is 7.88.